The Hall–Kier alpha value is -3.18. The van der Waals surface area contributed by atoms with E-state index in [0.29, 0.717) is 25.3 Å². The number of hydrogen-bond donors (Lipinski definition) is 1. The molecule has 2 aliphatic heterocycles. The Kier molecular flexibility index (Phi) is 4.55. The number of rotatable bonds is 2. The van der Waals surface area contributed by atoms with Crippen LogP contribution in [0.15, 0.2) is 66.7 Å². The summed E-state index contributed by atoms with van der Waals surface area (Å²) in [4.78, 5) is 15.1. The van der Waals surface area contributed by atoms with E-state index in [0.717, 1.165) is 35.2 Å². The second-order valence-corrected chi connectivity index (χ2v) is 8.04. The summed E-state index contributed by atoms with van der Waals surface area (Å²) in [6.07, 6.45) is 1.63. The van der Waals surface area contributed by atoms with E-state index in [-0.39, 0.29) is 22.9 Å². The van der Waals surface area contributed by atoms with Crippen molar-refractivity contribution in [1.29, 1.82) is 0 Å². The van der Waals surface area contributed by atoms with Crippen LogP contribution < -0.4 is 4.90 Å². The molecule has 3 aromatic rings. The summed E-state index contributed by atoms with van der Waals surface area (Å²) < 4.78 is 19.4. The van der Waals surface area contributed by atoms with Crippen molar-refractivity contribution in [2.45, 2.75) is 18.3 Å². The second-order valence-electron chi connectivity index (χ2n) is 8.04. The van der Waals surface area contributed by atoms with E-state index in [9.17, 15) is 14.3 Å². The predicted octanol–water partition coefficient (Wildman–Crippen LogP) is 4.91. The molecule has 0 aliphatic carbocycles. The zero-order chi connectivity index (χ0) is 20.7. The molecular weight excluding hydrogens is 381 g/mol. The molecule has 5 heteroatoms. The quantitative estimate of drug-likeness (QED) is 0.662. The molecule has 0 aromatic heterocycles. The van der Waals surface area contributed by atoms with Crippen LogP contribution in [0.1, 0.15) is 28.8 Å². The highest BCUT2D eigenvalue weighted by molar-refractivity contribution is 6.09. The number of fused-ring (bicyclic) bond motifs is 2. The van der Waals surface area contributed by atoms with Crippen LogP contribution in [0.25, 0.3) is 11.1 Å². The van der Waals surface area contributed by atoms with Gasteiger partial charge < -0.3 is 14.7 Å². The number of anilines is 1. The first-order chi connectivity index (χ1) is 14.6. The topological polar surface area (TPSA) is 49.8 Å². The first-order valence-electron chi connectivity index (χ1n) is 10.2. The third-order valence-electron chi connectivity index (χ3n) is 6.31. The fraction of sp³-hybridized carbons (Fsp3) is 0.240. The van der Waals surface area contributed by atoms with Crippen LogP contribution in [-0.2, 0) is 10.2 Å². The van der Waals surface area contributed by atoms with Gasteiger partial charge >= 0.3 is 0 Å². The average molecular weight is 403 g/mol. The van der Waals surface area contributed by atoms with Gasteiger partial charge in [-0.15, -0.1) is 0 Å². The normalized spacial score (nSPS) is 17.2. The number of nitrogens with zero attached hydrogens (tertiary/aromatic N) is 1. The fourth-order valence-electron chi connectivity index (χ4n) is 4.69. The molecule has 2 heterocycles. The van der Waals surface area contributed by atoms with Gasteiger partial charge in [0.2, 0.25) is 0 Å². The molecule has 5 rings (SSSR count). The molecule has 152 valence electrons. The number of benzene rings is 3. The standard InChI is InChI=1S/C25H22FNO3/c26-19-5-3-4-17(14-19)18-8-9-22-21(15-18)25(10-12-30-13-11-25)16-27(22)24(29)20-6-1-2-7-23(20)28/h1-9,14-15,28H,10-13,16H2. The zero-order valence-electron chi connectivity index (χ0n) is 16.5. The summed E-state index contributed by atoms with van der Waals surface area (Å²) in [5.41, 5.74) is 3.78. The van der Waals surface area contributed by atoms with Crippen molar-refractivity contribution in [1.82, 2.24) is 0 Å². The van der Waals surface area contributed by atoms with Crippen LogP contribution in [0.2, 0.25) is 0 Å². The maximum atomic E-state index is 13.8. The molecule has 0 saturated carbocycles. The lowest BCUT2D eigenvalue weighted by atomic mass is 9.75. The Morgan fingerprint density at radius 2 is 1.73 bits per heavy atom. The van der Waals surface area contributed by atoms with Gasteiger partial charge in [0.1, 0.15) is 11.6 Å². The number of hydrogen-bond acceptors (Lipinski definition) is 3. The van der Waals surface area contributed by atoms with Gasteiger partial charge in [0.25, 0.3) is 5.91 Å². The van der Waals surface area contributed by atoms with Crippen molar-refractivity contribution in [3.05, 3.63) is 83.7 Å². The lowest BCUT2D eigenvalue weighted by molar-refractivity contribution is 0.0547. The minimum Gasteiger partial charge on any atom is -0.507 e. The van der Waals surface area contributed by atoms with Gasteiger partial charge in [-0.1, -0.05) is 30.3 Å². The zero-order valence-corrected chi connectivity index (χ0v) is 16.5. The number of carbonyl (C=O) groups excluding carboxylic acids is 1. The van der Waals surface area contributed by atoms with Crippen LogP contribution in [-0.4, -0.2) is 30.8 Å². The van der Waals surface area contributed by atoms with E-state index in [2.05, 4.69) is 6.07 Å². The number of halogens is 1. The molecule has 30 heavy (non-hydrogen) atoms. The highest BCUT2D eigenvalue weighted by Crippen LogP contribution is 2.48. The summed E-state index contributed by atoms with van der Waals surface area (Å²) in [5, 5.41) is 10.2. The molecule has 1 amide bonds. The van der Waals surface area contributed by atoms with Crippen LogP contribution in [0, 0.1) is 5.82 Å². The lowest BCUT2D eigenvalue weighted by Crippen LogP contribution is -2.40. The smallest absolute Gasteiger partial charge is 0.262 e. The highest BCUT2D eigenvalue weighted by Gasteiger charge is 2.46. The first kappa shape index (κ1) is 18.8. The van der Waals surface area contributed by atoms with E-state index >= 15 is 0 Å². The van der Waals surface area contributed by atoms with Gasteiger partial charge in [-0.3, -0.25) is 4.79 Å². The number of aromatic hydroxyl groups is 1. The summed E-state index contributed by atoms with van der Waals surface area (Å²) in [6.45, 7) is 1.83. The third-order valence-corrected chi connectivity index (χ3v) is 6.31. The molecular formula is C25H22FNO3. The molecule has 0 atom stereocenters. The molecule has 2 aliphatic rings. The number of carbonyl (C=O) groups is 1. The molecule has 0 radical (unpaired) electrons. The van der Waals surface area contributed by atoms with E-state index < -0.39 is 0 Å². The Morgan fingerprint density at radius 1 is 0.967 bits per heavy atom. The molecule has 0 unspecified atom stereocenters. The van der Waals surface area contributed by atoms with Crippen LogP contribution in [0.4, 0.5) is 10.1 Å². The molecule has 3 aromatic carbocycles. The minimum absolute atomic E-state index is 0.0200. The van der Waals surface area contributed by atoms with E-state index in [1.54, 1.807) is 29.2 Å². The van der Waals surface area contributed by atoms with Crippen molar-refractivity contribution < 1.29 is 19.0 Å². The van der Waals surface area contributed by atoms with Crippen molar-refractivity contribution in [3.8, 4) is 16.9 Å². The maximum Gasteiger partial charge on any atom is 0.262 e. The molecule has 0 bridgehead atoms. The van der Waals surface area contributed by atoms with Crippen molar-refractivity contribution in [3.63, 3.8) is 0 Å². The molecule has 4 nitrogen and oxygen atoms in total. The monoisotopic (exact) mass is 403 g/mol. The fourth-order valence-corrected chi connectivity index (χ4v) is 4.69. The minimum atomic E-state index is -0.273. The Morgan fingerprint density at radius 3 is 2.50 bits per heavy atom. The van der Waals surface area contributed by atoms with Crippen LogP contribution >= 0.6 is 0 Å². The SMILES string of the molecule is O=C(c1ccccc1O)N1CC2(CCOCC2)c2cc(-c3cccc(F)c3)ccc21. The summed E-state index contributed by atoms with van der Waals surface area (Å²) >= 11 is 0. The predicted molar refractivity (Wildman–Crippen MR) is 113 cm³/mol. The molecule has 1 spiro atoms. The van der Waals surface area contributed by atoms with E-state index in [1.807, 2.05) is 18.2 Å². The summed E-state index contributed by atoms with van der Waals surface area (Å²) in [7, 11) is 0. The molecule has 1 fully saturated rings. The van der Waals surface area contributed by atoms with Gasteiger partial charge in [0.05, 0.1) is 5.56 Å². The van der Waals surface area contributed by atoms with E-state index in [1.165, 1.54) is 18.2 Å². The van der Waals surface area contributed by atoms with Gasteiger partial charge in [0, 0.05) is 30.9 Å². The van der Waals surface area contributed by atoms with Gasteiger partial charge in [-0.25, -0.2) is 4.39 Å². The number of para-hydroxylation sites is 1. The summed E-state index contributed by atoms with van der Waals surface area (Å²) in [5.74, 6) is -0.505. The number of amides is 1. The van der Waals surface area contributed by atoms with Crippen molar-refractivity contribution in [2.24, 2.45) is 0 Å². The second kappa shape index (κ2) is 7.26. The van der Waals surface area contributed by atoms with Crippen molar-refractivity contribution >= 4 is 11.6 Å². The van der Waals surface area contributed by atoms with Crippen molar-refractivity contribution in [2.75, 3.05) is 24.7 Å². The Bertz CT molecular complexity index is 1120. The highest BCUT2D eigenvalue weighted by atomic mass is 19.1. The van der Waals surface area contributed by atoms with Gasteiger partial charge in [-0.2, -0.15) is 0 Å². The van der Waals surface area contributed by atoms with Gasteiger partial charge in [0.15, 0.2) is 0 Å². The third kappa shape index (κ3) is 3.06. The molecule has 1 N–H and O–H groups in total. The maximum absolute atomic E-state index is 13.8. The summed E-state index contributed by atoms with van der Waals surface area (Å²) in [6, 6.07) is 19.1. The van der Waals surface area contributed by atoms with Crippen LogP contribution in [0.5, 0.6) is 5.75 Å². The Labute approximate surface area is 174 Å². The average Bonchev–Trinajstić information content (AvgIpc) is 3.07. The lowest BCUT2D eigenvalue weighted by Gasteiger charge is -2.34. The van der Waals surface area contributed by atoms with Crippen LogP contribution in [0.3, 0.4) is 0 Å². The van der Waals surface area contributed by atoms with Gasteiger partial charge in [-0.05, 0) is 65.9 Å². The largest absolute Gasteiger partial charge is 0.507 e. The molecule has 1 saturated heterocycles. The number of phenolic OH excluding ortho intramolecular Hbond substituents is 1. The van der Waals surface area contributed by atoms with E-state index in [4.69, 9.17) is 4.74 Å². The number of ether oxygens (including phenoxy) is 1. The first-order valence-corrected chi connectivity index (χ1v) is 10.2. The Balaban J connectivity index is 1.61. The number of phenols is 1.